The molecule has 3 aromatic rings. The Morgan fingerprint density at radius 1 is 1.19 bits per heavy atom. The fourth-order valence-electron chi connectivity index (χ4n) is 2.94. The summed E-state index contributed by atoms with van der Waals surface area (Å²) in [6.45, 7) is 8.07. The number of rotatable bonds is 6. The minimum Gasteiger partial charge on any atom is -0.453 e. The summed E-state index contributed by atoms with van der Waals surface area (Å²) in [7, 11) is 0. The molecule has 0 saturated heterocycles. The smallest absolute Gasteiger partial charge is 0.350 e. The van der Waals surface area contributed by atoms with Crippen molar-refractivity contribution in [2.45, 2.75) is 34.2 Å². The van der Waals surface area contributed by atoms with E-state index in [0.717, 1.165) is 29.3 Å². The van der Waals surface area contributed by atoms with Crippen molar-refractivity contribution in [2.24, 2.45) is 0 Å². The molecule has 0 aromatic carbocycles. The average molecular weight is 384 g/mol. The zero-order chi connectivity index (χ0) is 19.6. The van der Waals surface area contributed by atoms with Gasteiger partial charge in [-0.15, -0.1) is 11.3 Å². The average Bonchev–Trinajstić information content (AvgIpc) is 3.19. The van der Waals surface area contributed by atoms with E-state index in [4.69, 9.17) is 4.74 Å². The number of ketones is 1. The molecule has 0 N–H and O–H groups in total. The fourth-order valence-corrected chi connectivity index (χ4v) is 3.84. The van der Waals surface area contributed by atoms with E-state index in [0.29, 0.717) is 27.0 Å². The van der Waals surface area contributed by atoms with Gasteiger partial charge in [-0.3, -0.25) is 4.79 Å². The summed E-state index contributed by atoms with van der Waals surface area (Å²) >= 11 is 1.16. The molecule has 0 spiro atoms. The number of hydrogen-bond donors (Lipinski definition) is 0. The van der Waals surface area contributed by atoms with Gasteiger partial charge in [0.2, 0.25) is 5.78 Å². The lowest BCUT2D eigenvalue weighted by molar-refractivity contribution is 0.0478. The van der Waals surface area contributed by atoms with Gasteiger partial charge in [0.1, 0.15) is 4.88 Å². The van der Waals surface area contributed by atoms with Gasteiger partial charge in [0.15, 0.2) is 17.4 Å². The predicted octanol–water partition coefficient (Wildman–Crippen LogP) is 3.39. The molecule has 0 fully saturated rings. The van der Waals surface area contributed by atoms with Gasteiger partial charge in [-0.1, -0.05) is 0 Å². The number of ether oxygens (including phenoxy) is 1. The minimum absolute atomic E-state index is 0.218. The van der Waals surface area contributed by atoms with Crippen LogP contribution in [0.1, 0.15) is 44.0 Å². The Balaban J connectivity index is 1.71. The summed E-state index contributed by atoms with van der Waals surface area (Å²) in [4.78, 5) is 37.8. The number of carbonyl (C=O) groups is 2. The van der Waals surface area contributed by atoms with Gasteiger partial charge in [0.25, 0.3) is 0 Å². The number of nitrogens with zero attached hydrogens (tertiary/aromatic N) is 4. The molecule has 7 nitrogen and oxygen atoms in total. The van der Waals surface area contributed by atoms with Crippen LogP contribution < -0.4 is 0 Å². The van der Waals surface area contributed by atoms with E-state index >= 15 is 0 Å². The van der Waals surface area contributed by atoms with Crippen molar-refractivity contribution in [3.05, 3.63) is 52.0 Å². The molecule has 0 aliphatic carbocycles. The van der Waals surface area contributed by atoms with E-state index in [-0.39, 0.29) is 12.4 Å². The zero-order valence-corrected chi connectivity index (χ0v) is 16.5. The normalized spacial score (nSPS) is 10.8. The van der Waals surface area contributed by atoms with Gasteiger partial charge in [-0.25, -0.2) is 19.7 Å². The molecular weight excluding hydrogens is 364 g/mol. The molecule has 0 saturated carbocycles. The minimum atomic E-state index is -0.565. The van der Waals surface area contributed by atoms with Crippen LogP contribution in [0.3, 0.4) is 0 Å². The quantitative estimate of drug-likeness (QED) is 0.478. The van der Waals surface area contributed by atoms with Gasteiger partial charge in [0.05, 0.1) is 5.69 Å². The highest BCUT2D eigenvalue weighted by Gasteiger charge is 2.21. The maximum Gasteiger partial charge on any atom is 0.350 e. The van der Waals surface area contributed by atoms with Crippen LogP contribution in [-0.2, 0) is 11.3 Å². The zero-order valence-electron chi connectivity index (χ0n) is 15.6. The lowest BCUT2D eigenvalue weighted by atomic mass is 10.1. The number of aryl methyl sites for hydroxylation is 2. The molecular formula is C19H20N4O3S. The van der Waals surface area contributed by atoms with Crippen LogP contribution in [0, 0.1) is 20.8 Å². The second-order valence-corrected chi connectivity index (χ2v) is 7.03. The third-order valence-corrected chi connectivity index (χ3v) is 5.40. The Kier molecular flexibility index (Phi) is 5.46. The standard InChI is InChI=1S/C19H20N4O3S/c1-5-23-11(2)9-14(13(23)4)15(24)10-26-19(25)16-12(3)22-18(27-16)17-20-7-6-8-21-17/h6-9H,5,10H2,1-4H3. The molecule has 0 aliphatic heterocycles. The van der Waals surface area contributed by atoms with E-state index in [1.807, 2.05) is 26.8 Å². The fraction of sp³-hybridized carbons (Fsp3) is 0.316. The highest BCUT2D eigenvalue weighted by molar-refractivity contribution is 7.16. The Morgan fingerprint density at radius 3 is 2.52 bits per heavy atom. The topological polar surface area (TPSA) is 87.0 Å². The molecule has 0 amide bonds. The highest BCUT2D eigenvalue weighted by Crippen LogP contribution is 2.26. The van der Waals surface area contributed by atoms with Crippen LogP contribution in [0.15, 0.2) is 24.5 Å². The molecule has 0 atom stereocenters. The molecule has 27 heavy (non-hydrogen) atoms. The second kappa shape index (κ2) is 7.79. The number of carbonyl (C=O) groups excluding carboxylic acids is 2. The number of esters is 1. The summed E-state index contributed by atoms with van der Waals surface area (Å²) < 4.78 is 7.29. The first-order valence-corrected chi connectivity index (χ1v) is 9.35. The summed E-state index contributed by atoms with van der Waals surface area (Å²) in [5.74, 6) is -0.331. The monoisotopic (exact) mass is 384 g/mol. The van der Waals surface area contributed by atoms with Crippen molar-refractivity contribution >= 4 is 23.1 Å². The first-order chi connectivity index (χ1) is 12.9. The molecule has 3 aromatic heterocycles. The Morgan fingerprint density at radius 2 is 1.89 bits per heavy atom. The van der Waals surface area contributed by atoms with Gasteiger partial charge in [-0.2, -0.15) is 0 Å². The first kappa shape index (κ1) is 18.9. The molecule has 8 heteroatoms. The van der Waals surface area contributed by atoms with E-state index in [1.165, 1.54) is 0 Å². The number of hydrogen-bond acceptors (Lipinski definition) is 7. The summed E-state index contributed by atoms with van der Waals surface area (Å²) in [5, 5.41) is 0.540. The van der Waals surface area contributed by atoms with Crippen LogP contribution in [0.5, 0.6) is 0 Å². The molecule has 3 heterocycles. The Bertz CT molecular complexity index is 992. The maximum atomic E-state index is 12.5. The lowest BCUT2D eigenvalue weighted by Gasteiger charge is -2.06. The van der Waals surface area contributed by atoms with Crippen LogP contribution in [0.25, 0.3) is 10.8 Å². The third kappa shape index (κ3) is 3.80. The van der Waals surface area contributed by atoms with Gasteiger partial charge >= 0.3 is 5.97 Å². The van der Waals surface area contributed by atoms with Gasteiger partial charge < -0.3 is 9.30 Å². The van der Waals surface area contributed by atoms with Crippen LogP contribution in [-0.4, -0.2) is 37.9 Å². The van der Waals surface area contributed by atoms with Crippen LogP contribution >= 0.6 is 11.3 Å². The molecule has 0 unspecified atom stereocenters. The first-order valence-electron chi connectivity index (χ1n) is 8.54. The van der Waals surface area contributed by atoms with E-state index < -0.39 is 5.97 Å². The predicted molar refractivity (Wildman–Crippen MR) is 102 cm³/mol. The molecule has 0 aliphatic rings. The van der Waals surface area contributed by atoms with Crippen molar-refractivity contribution in [3.63, 3.8) is 0 Å². The Labute approximate surface area is 161 Å². The number of Topliss-reactive ketones (excluding diaryl/α,β-unsaturated/α-hetero) is 1. The van der Waals surface area contributed by atoms with Crippen molar-refractivity contribution in [1.29, 1.82) is 0 Å². The van der Waals surface area contributed by atoms with Crippen molar-refractivity contribution < 1.29 is 14.3 Å². The molecule has 140 valence electrons. The van der Waals surface area contributed by atoms with E-state index in [2.05, 4.69) is 19.5 Å². The Hall–Kier alpha value is -2.87. The highest BCUT2D eigenvalue weighted by atomic mass is 32.1. The summed E-state index contributed by atoms with van der Waals surface area (Å²) in [5.41, 5.74) is 3.01. The van der Waals surface area contributed by atoms with Crippen molar-refractivity contribution in [3.8, 4) is 10.8 Å². The molecule has 0 bridgehead atoms. The second-order valence-electron chi connectivity index (χ2n) is 6.03. The summed E-state index contributed by atoms with van der Waals surface area (Å²) in [6.07, 6.45) is 3.23. The summed E-state index contributed by atoms with van der Waals surface area (Å²) in [6, 6.07) is 3.54. The van der Waals surface area contributed by atoms with Gasteiger partial charge in [0, 0.05) is 35.9 Å². The number of thiazole rings is 1. The van der Waals surface area contributed by atoms with Gasteiger partial charge in [-0.05, 0) is 39.8 Å². The number of aromatic nitrogens is 4. The van der Waals surface area contributed by atoms with E-state index in [1.54, 1.807) is 25.4 Å². The lowest BCUT2D eigenvalue weighted by Crippen LogP contribution is -2.15. The van der Waals surface area contributed by atoms with Crippen LogP contribution in [0.2, 0.25) is 0 Å². The maximum absolute atomic E-state index is 12.5. The van der Waals surface area contributed by atoms with Crippen molar-refractivity contribution in [1.82, 2.24) is 19.5 Å². The molecule has 3 rings (SSSR count). The van der Waals surface area contributed by atoms with Crippen LogP contribution in [0.4, 0.5) is 0 Å². The van der Waals surface area contributed by atoms with Crippen molar-refractivity contribution in [2.75, 3.05) is 6.61 Å². The molecule has 0 radical (unpaired) electrons. The third-order valence-electron chi connectivity index (χ3n) is 4.26. The SMILES string of the molecule is CCn1c(C)cc(C(=O)COC(=O)c2sc(-c3ncccn3)nc2C)c1C. The largest absolute Gasteiger partial charge is 0.453 e. The van der Waals surface area contributed by atoms with E-state index in [9.17, 15) is 9.59 Å².